The molecule has 0 radical (unpaired) electrons. The summed E-state index contributed by atoms with van der Waals surface area (Å²) in [7, 11) is -2.23. The van der Waals surface area contributed by atoms with Gasteiger partial charge in [0.25, 0.3) is 0 Å². The van der Waals surface area contributed by atoms with Gasteiger partial charge < -0.3 is 20.3 Å². The first-order chi connectivity index (χ1) is 11.0. The fourth-order valence-electron chi connectivity index (χ4n) is 2.70. The fourth-order valence-corrected chi connectivity index (χ4v) is 4.03. The van der Waals surface area contributed by atoms with Gasteiger partial charge in [-0.05, 0) is 37.9 Å². The summed E-state index contributed by atoms with van der Waals surface area (Å²) in [5, 5.41) is 9.49. The molecule has 0 unspecified atom stereocenters. The topological polar surface area (TPSA) is 111 Å². The molecule has 0 amide bonds. The molecule has 1 aromatic rings. The van der Waals surface area contributed by atoms with Gasteiger partial charge in [0.05, 0.1) is 36.9 Å². The Bertz CT molecular complexity index is 608. The molecule has 1 aromatic carbocycles. The van der Waals surface area contributed by atoms with Crippen LogP contribution in [0, 0.1) is 0 Å². The second-order valence-corrected chi connectivity index (χ2v) is 7.25. The van der Waals surface area contributed by atoms with Crippen LogP contribution < -0.4 is 15.2 Å². The van der Waals surface area contributed by atoms with E-state index in [1.54, 1.807) is 12.1 Å². The van der Waals surface area contributed by atoms with E-state index in [2.05, 4.69) is 4.72 Å². The molecule has 0 aliphatic carbocycles. The first-order valence-corrected chi connectivity index (χ1v) is 9.11. The molecule has 1 fully saturated rings. The SMILES string of the molecule is COc1cccc(S(=O)(=O)N[C@@H]2CC[C@@H](CCN)O[C@H]2CO)c1. The van der Waals surface area contributed by atoms with Crippen LogP contribution in [0.2, 0.25) is 0 Å². The highest BCUT2D eigenvalue weighted by molar-refractivity contribution is 7.89. The van der Waals surface area contributed by atoms with Gasteiger partial charge >= 0.3 is 0 Å². The van der Waals surface area contributed by atoms with Gasteiger partial charge in [-0.1, -0.05) is 6.07 Å². The lowest BCUT2D eigenvalue weighted by Crippen LogP contribution is -2.51. The molecular weight excluding hydrogens is 320 g/mol. The van der Waals surface area contributed by atoms with Crippen LogP contribution in [-0.4, -0.2) is 52.0 Å². The van der Waals surface area contributed by atoms with Gasteiger partial charge in [-0.15, -0.1) is 0 Å². The summed E-state index contributed by atoms with van der Waals surface area (Å²) in [4.78, 5) is 0.123. The minimum atomic E-state index is -3.71. The molecule has 130 valence electrons. The molecule has 7 nitrogen and oxygen atoms in total. The fraction of sp³-hybridized carbons (Fsp3) is 0.600. The van der Waals surface area contributed by atoms with Gasteiger partial charge in [0.2, 0.25) is 10.0 Å². The Hall–Kier alpha value is -1.19. The standard InChI is InChI=1S/C15H24N2O5S/c1-21-12-3-2-4-13(9-12)23(19,20)17-14-6-5-11(7-8-16)22-15(14)10-18/h2-4,9,11,14-15,17-18H,5-8,10,16H2,1H3/t11-,14+,15-/m0/s1. The smallest absolute Gasteiger partial charge is 0.241 e. The summed E-state index contributed by atoms with van der Waals surface area (Å²) in [6, 6.07) is 5.78. The van der Waals surface area contributed by atoms with E-state index in [4.69, 9.17) is 15.2 Å². The quantitative estimate of drug-likeness (QED) is 0.653. The first-order valence-electron chi connectivity index (χ1n) is 7.63. The van der Waals surface area contributed by atoms with E-state index in [0.717, 1.165) is 0 Å². The Balaban J connectivity index is 2.10. The number of benzene rings is 1. The van der Waals surface area contributed by atoms with Crippen molar-refractivity contribution in [3.05, 3.63) is 24.3 Å². The molecule has 0 aromatic heterocycles. The Morgan fingerprint density at radius 3 is 2.87 bits per heavy atom. The van der Waals surface area contributed by atoms with Crippen LogP contribution in [0.25, 0.3) is 0 Å². The van der Waals surface area contributed by atoms with Crippen LogP contribution in [-0.2, 0) is 14.8 Å². The second kappa shape index (κ2) is 8.07. The van der Waals surface area contributed by atoms with E-state index in [1.165, 1.54) is 19.2 Å². The minimum absolute atomic E-state index is 0.0327. The summed E-state index contributed by atoms with van der Waals surface area (Å²) in [5.41, 5.74) is 5.52. The van der Waals surface area contributed by atoms with Crippen molar-refractivity contribution in [2.24, 2.45) is 5.73 Å². The molecule has 3 atom stereocenters. The molecule has 23 heavy (non-hydrogen) atoms. The zero-order valence-corrected chi connectivity index (χ0v) is 14.0. The van der Waals surface area contributed by atoms with Gasteiger partial charge in [0, 0.05) is 6.07 Å². The van der Waals surface area contributed by atoms with Crippen LogP contribution in [0.15, 0.2) is 29.2 Å². The lowest BCUT2D eigenvalue weighted by molar-refractivity contribution is -0.0867. The van der Waals surface area contributed by atoms with Gasteiger partial charge in [-0.25, -0.2) is 13.1 Å². The number of methoxy groups -OCH3 is 1. The molecule has 0 saturated carbocycles. The molecule has 4 N–H and O–H groups in total. The van der Waals surface area contributed by atoms with Gasteiger partial charge in [-0.2, -0.15) is 0 Å². The minimum Gasteiger partial charge on any atom is -0.497 e. The van der Waals surface area contributed by atoms with E-state index in [1.807, 2.05) is 0 Å². The van der Waals surface area contributed by atoms with E-state index < -0.39 is 22.2 Å². The zero-order chi connectivity index (χ0) is 16.9. The number of nitrogens with two attached hydrogens (primary N) is 1. The highest BCUT2D eigenvalue weighted by Gasteiger charge is 2.33. The molecular formula is C15H24N2O5S. The van der Waals surface area contributed by atoms with Crippen molar-refractivity contribution in [1.29, 1.82) is 0 Å². The molecule has 1 aliphatic rings. The van der Waals surface area contributed by atoms with E-state index in [0.29, 0.717) is 31.6 Å². The zero-order valence-electron chi connectivity index (χ0n) is 13.1. The Kier molecular flexibility index (Phi) is 6.37. The van der Waals surface area contributed by atoms with Crippen molar-refractivity contribution < 1.29 is 23.0 Å². The third-order valence-corrected chi connectivity index (χ3v) is 5.43. The van der Waals surface area contributed by atoms with E-state index in [-0.39, 0.29) is 17.6 Å². The van der Waals surface area contributed by atoms with E-state index in [9.17, 15) is 13.5 Å². The Morgan fingerprint density at radius 1 is 1.43 bits per heavy atom. The maximum atomic E-state index is 12.5. The number of rotatable bonds is 7. The van der Waals surface area contributed by atoms with Gasteiger partial charge in [-0.3, -0.25) is 0 Å². The number of ether oxygens (including phenoxy) is 2. The predicted molar refractivity (Wildman–Crippen MR) is 85.8 cm³/mol. The summed E-state index contributed by atoms with van der Waals surface area (Å²) < 4.78 is 38.4. The van der Waals surface area contributed by atoms with Gasteiger partial charge in [0.15, 0.2) is 0 Å². The first kappa shape index (κ1) is 18.2. The van der Waals surface area contributed by atoms with Crippen molar-refractivity contribution in [2.75, 3.05) is 20.3 Å². The summed E-state index contributed by atoms with van der Waals surface area (Å²) in [6.45, 7) is 0.259. The van der Waals surface area contributed by atoms with Crippen molar-refractivity contribution in [3.8, 4) is 5.75 Å². The molecule has 1 saturated heterocycles. The molecule has 1 aliphatic heterocycles. The maximum Gasteiger partial charge on any atom is 0.241 e. The van der Waals surface area contributed by atoms with Crippen LogP contribution in [0.1, 0.15) is 19.3 Å². The van der Waals surface area contributed by atoms with Crippen LogP contribution in [0.5, 0.6) is 5.75 Å². The Labute approximate surface area is 136 Å². The number of aliphatic hydroxyl groups excluding tert-OH is 1. The average Bonchev–Trinajstić information content (AvgIpc) is 2.56. The maximum absolute atomic E-state index is 12.5. The number of hydrogen-bond donors (Lipinski definition) is 3. The monoisotopic (exact) mass is 344 g/mol. The molecule has 0 spiro atoms. The summed E-state index contributed by atoms with van der Waals surface area (Å²) in [5.74, 6) is 0.467. The lowest BCUT2D eigenvalue weighted by atomic mass is 9.98. The number of sulfonamides is 1. The summed E-state index contributed by atoms with van der Waals surface area (Å²) >= 11 is 0. The molecule has 1 heterocycles. The van der Waals surface area contributed by atoms with Gasteiger partial charge in [0.1, 0.15) is 5.75 Å². The van der Waals surface area contributed by atoms with Crippen molar-refractivity contribution in [2.45, 2.75) is 42.4 Å². The van der Waals surface area contributed by atoms with E-state index >= 15 is 0 Å². The van der Waals surface area contributed by atoms with Crippen LogP contribution in [0.3, 0.4) is 0 Å². The normalized spacial score (nSPS) is 25.3. The van der Waals surface area contributed by atoms with Crippen molar-refractivity contribution >= 4 is 10.0 Å². The Morgan fingerprint density at radius 2 is 2.22 bits per heavy atom. The third kappa shape index (κ3) is 4.65. The third-order valence-electron chi connectivity index (χ3n) is 3.94. The molecule has 8 heteroatoms. The highest BCUT2D eigenvalue weighted by atomic mass is 32.2. The predicted octanol–water partition coefficient (Wildman–Crippen LogP) is 0.231. The highest BCUT2D eigenvalue weighted by Crippen LogP contribution is 2.24. The number of nitrogens with one attached hydrogen (secondary N) is 1. The summed E-state index contributed by atoms with van der Waals surface area (Å²) in [6.07, 6.45) is 1.40. The number of hydrogen-bond acceptors (Lipinski definition) is 6. The lowest BCUT2D eigenvalue weighted by Gasteiger charge is -2.35. The van der Waals surface area contributed by atoms with Crippen LogP contribution in [0.4, 0.5) is 0 Å². The molecule has 2 rings (SSSR count). The van der Waals surface area contributed by atoms with Crippen LogP contribution >= 0.6 is 0 Å². The average molecular weight is 344 g/mol. The molecule has 0 bridgehead atoms. The van der Waals surface area contributed by atoms with Crippen molar-refractivity contribution in [1.82, 2.24) is 4.72 Å². The number of aliphatic hydroxyl groups is 1. The van der Waals surface area contributed by atoms with Crippen molar-refractivity contribution in [3.63, 3.8) is 0 Å². The second-order valence-electron chi connectivity index (χ2n) is 5.54. The largest absolute Gasteiger partial charge is 0.497 e.